The topological polar surface area (TPSA) is 73.2 Å². The van der Waals surface area contributed by atoms with E-state index < -0.39 is 0 Å². The van der Waals surface area contributed by atoms with E-state index in [0.29, 0.717) is 6.54 Å². The van der Waals surface area contributed by atoms with E-state index in [1.807, 2.05) is 20.0 Å². The predicted molar refractivity (Wildman–Crippen MR) is 78.0 cm³/mol. The van der Waals surface area contributed by atoms with Crippen molar-refractivity contribution in [2.45, 2.75) is 13.5 Å². The van der Waals surface area contributed by atoms with Crippen LogP contribution in [0.1, 0.15) is 11.3 Å². The molecule has 0 atom stereocenters. The number of hydrogen-bond acceptors (Lipinski definition) is 4. The maximum atomic E-state index is 11.7. The van der Waals surface area contributed by atoms with Crippen LogP contribution < -0.4 is 15.5 Å². The minimum Gasteiger partial charge on any atom is -0.478 e. The molecular formula is C15H17N3O3. The van der Waals surface area contributed by atoms with E-state index >= 15 is 0 Å². The molecule has 6 nitrogen and oxygen atoms in total. The highest BCUT2D eigenvalue weighted by atomic mass is 16.5. The van der Waals surface area contributed by atoms with Crippen LogP contribution in [-0.4, -0.2) is 22.1 Å². The van der Waals surface area contributed by atoms with Crippen molar-refractivity contribution in [3.63, 3.8) is 0 Å². The molecule has 2 rings (SSSR count). The number of nitrogens with one attached hydrogen (secondary N) is 1. The maximum absolute atomic E-state index is 11.7. The molecule has 0 aliphatic heterocycles. The quantitative estimate of drug-likeness (QED) is 0.882. The Balaban J connectivity index is 1.87. The van der Waals surface area contributed by atoms with Gasteiger partial charge in [-0.25, -0.2) is 0 Å². The first-order valence-corrected chi connectivity index (χ1v) is 6.52. The predicted octanol–water partition coefficient (Wildman–Crippen LogP) is 0.784. The molecule has 2 heterocycles. The summed E-state index contributed by atoms with van der Waals surface area (Å²) < 4.78 is 7.03. The van der Waals surface area contributed by atoms with E-state index in [0.717, 1.165) is 11.3 Å². The summed E-state index contributed by atoms with van der Waals surface area (Å²) in [4.78, 5) is 27.4. The molecule has 0 saturated heterocycles. The summed E-state index contributed by atoms with van der Waals surface area (Å²) in [6, 6.07) is 5.14. The molecule has 6 heteroatoms. The van der Waals surface area contributed by atoms with Crippen LogP contribution in [0.3, 0.4) is 0 Å². The summed E-state index contributed by atoms with van der Waals surface area (Å²) in [5.74, 6) is -0.124. The number of aromatic nitrogens is 2. The van der Waals surface area contributed by atoms with Crippen molar-refractivity contribution in [3.8, 4) is 5.75 Å². The third-order valence-corrected chi connectivity index (χ3v) is 3.02. The van der Waals surface area contributed by atoms with Crippen molar-refractivity contribution < 1.29 is 9.53 Å². The molecule has 0 aromatic carbocycles. The SMILES string of the molecule is Cc1cc(=O)c(OCC(=O)NCc2cccnc2)cn1C. The van der Waals surface area contributed by atoms with Gasteiger partial charge in [-0.3, -0.25) is 14.6 Å². The van der Waals surface area contributed by atoms with E-state index in [2.05, 4.69) is 10.3 Å². The number of carbonyl (C=O) groups excluding carboxylic acids is 1. The average Bonchev–Trinajstić information content (AvgIpc) is 2.48. The summed E-state index contributed by atoms with van der Waals surface area (Å²) in [6.07, 6.45) is 4.92. The highest BCUT2D eigenvalue weighted by molar-refractivity contribution is 5.77. The molecule has 2 aromatic heterocycles. The van der Waals surface area contributed by atoms with Crippen molar-refractivity contribution in [2.24, 2.45) is 7.05 Å². The lowest BCUT2D eigenvalue weighted by atomic mass is 10.3. The highest BCUT2D eigenvalue weighted by Gasteiger charge is 2.07. The number of rotatable bonds is 5. The van der Waals surface area contributed by atoms with Crippen LogP contribution >= 0.6 is 0 Å². The maximum Gasteiger partial charge on any atom is 0.258 e. The minimum atomic E-state index is -0.290. The van der Waals surface area contributed by atoms with Gasteiger partial charge in [-0.2, -0.15) is 0 Å². The zero-order chi connectivity index (χ0) is 15.2. The molecular weight excluding hydrogens is 270 g/mol. The normalized spacial score (nSPS) is 10.2. The fourth-order valence-corrected chi connectivity index (χ4v) is 1.71. The monoisotopic (exact) mass is 287 g/mol. The van der Waals surface area contributed by atoms with Crippen LogP contribution in [0.15, 0.2) is 41.6 Å². The molecule has 0 aliphatic carbocycles. The number of hydrogen-bond donors (Lipinski definition) is 1. The van der Waals surface area contributed by atoms with Gasteiger partial charge in [0.1, 0.15) is 0 Å². The Bertz CT molecular complexity index is 680. The second-order valence-electron chi connectivity index (χ2n) is 4.68. The van der Waals surface area contributed by atoms with Gasteiger partial charge in [0.2, 0.25) is 5.43 Å². The lowest BCUT2D eigenvalue weighted by Crippen LogP contribution is -2.29. The lowest BCUT2D eigenvalue weighted by Gasteiger charge is -2.09. The zero-order valence-corrected chi connectivity index (χ0v) is 12.0. The fraction of sp³-hybridized carbons (Fsp3) is 0.267. The van der Waals surface area contributed by atoms with Crippen molar-refractivity contribution in [2.75, 3.05) is 6.61 Å². The Kier molecular flexibility index (Phi) is 4.71. The van der Waals surface area contributed by atoms with E-state index in [1.54, 1.807) is 29.2 Å². The van der Waals surface area contributed by atoms with E-state index in [-0.39, 0.29) is 23.7 Å². The van der Waals surface area contributed by atoms with Crippen LogP contribution in [-0.2, 0) is 18.4 Å². The Morgan fingerprint density at radius 1 is 1.48 bits per heavy atom. The lowest BCUT2D eigenvalue weighted by molar-refractivity contribution is -0.123. The number of nitrogens with zero attached hydrogens (tertiary/aromatic N) is 2. The Labute approximate surface area is 122 Å². The fourth-order valence-electron chi connectivity index (χ4n) is 1.71. The molecule has 0 radical (unpaired) electrons. The second kappa shape index (κ2) is 6.69. The Morgan fingerprint density at radius 2 is 2.29 bits per heavy atom. The third kappa shape index (κ3) is 4.17. The van der Waals surface area contributed by atoms with Gasteiger partial charge in [0.05, 0.1) is 0 Å². The van der Waals surface area contributed by atoms with Crippen molar-refractivity contribution in [1.82, 2.24) is 14.9 Å². The highest BCUT2D eigenvalue weighted by Crippen LogP contribution is 2.04. The summed E-state index contributed by atoms with van der Waals surface area (Å²) in [5, 5.41) is 2.70. The van der Waals surface area contributed by atoms with Crippen molar-refractivity contribution in [1.29, 1.82) is 0 Å². The third-order valence-electron chi connectivity index (χ3n) is 3.02. The molecule has 0 fully saturated rings. The van der Waals surface area contributed by atoms with E-state index in [9.17, 15) is 9.59 Å². The van der Waals surface area contributed by atoms with Crippen LogP contribution in [0.4, 0.5) is 0 Å². The van der Waals surface area contributed by atoms with Crippen LogP contribution in [0.2, 0.25) is 0 Å². The number of amides is 1. The first-order chi connectivity index (χ1) is 10.1. The average molecular weight is 287 g/mol. The van der Waals surface area contributed by atoms with Gasteiger partial charge in [0.25, 0.3) is 5.91 Å². The minimum absolute atomic E-state index is 0.166. The van der Waals surface area contributed by atoms with Crippen LogP contribution in [0.5, 0.6) is 5.75 Å². The van der Waals surface area contributed by atoms with Crippen molar-refractivity contribution in [3.05, 3.63) is 58.3 Å². The molecule has 0 aliphatic rings. The van der Waals surface area contributed by atoms with Crippen LogP contribution in [0.25, 0.3) is 0 Å². The molecule has 0 unspecified atom stereocenters. The number of ether oxygens (including phenoxy) is 1. The molecule has 110 valence electrons. The van der Waals surface area contributed by atoms with Gasteiger partial charge in [-0.05, 0) is 18.6 Å². The smallest absolute Gasteiger partial charge is 0.258 e. The van der Waals surface area contributed by atoms with Gasteiger partial charge in [-0.1, -0.05) is 6.07 Å². The molecule has 0 bridgehead atoms. The summed E-state index contributed by atoms with van der Waals surface area (Å²) in [6.45, 7) is 2.01. The van der Waals surface area contributed by atoms with Gasteiger partial charge < -0.3 is 14.6 Å². The van der Waals surface area contributed by atoms with E-state index in [4.69, 9.17) is 4.74 Å². The molecule has 0 saturated carbocycles. The summed E-state index contributed by atoms with van der Waals surface area (Å²) >= 11 is 0. The molecule has 2 aromatic rings. The second-order valence-corrected chi connectivity index (χ2v) is 4.68. The summed E-state index contributed by atoms with van der Waals surface area (Å²) in [7, 11) is 1.81. The zero-order valence-electron chi connectivity index (χ0n) is 12.0. The number of pyridine rings is 2. The largest absolute Gasteiger partial charge is 0.478 e. The molecule has 0 spiro atoms. The van der Waals surface area contributed by atoms with Crippen LogP contribution in [0, 0.1) is 6.92 Å². The summed E-state index contributed by atoms with van der Waals surface area (Å²) in [5.41, 5.74) is 1.50. The van der Waals surface area contributed by atoms with Gasteiger partial charge in [0.15, 0.2) is 12.4 Å². The van der Waals surface area contributed by atoms with Gasteiger partial charge in [0, 0.05) is 43.9 Å². The number of carbonyl (C=O) groups is 1. The Hall–Kier alpha value is -2.63. The Morgan fingerprint density at radius 3 is 3.00 bits per heavy atom. The van der Waals surface area contributed by atoms with Crippen molar-refractivity contribution >= 4 is 5.91 Å². The molecule has 1 amide bonds. The van der Waals surface area contributed by atoms with Gasteiger partial charge in [-0.15, -0.1) is 0 Å². The van der Waals surface area contributed by atoms with E-state index in [1.165, 1.54) is 6.07 Å². The standard InChI is InChI=1S/C15H17N3O3/c1-11-6-13(19)14(9-18(11)2)21-10-15(20)17-8-12-4-3-5-16-7-12/h3-7,9H,8,10H2,1-2H3,(H,17,20). The number of aryl methyl sites for hydroxylation is 2. The first-order valence-electron chi connectivity index (χ1n) is 6.52. The van der Waals surface area contributed by atoms with Gasteiger partial charge >= 0.3 is 0 Å². The molecule has 21 heavy (non-hydrogen) atoms. The first kappa shape index (κ1) is 14.8. The molecule has 1 N–H and O–H groups in total.